The quantitative estimate of drug-likeness (QED) is 0.462. The first-order valence-corrected chi connectivity index (χ1v) is 4.42. The summed E-state index contributed by atoms with van der Waals surface area (Å²) in [5.41, 5.74) is 2.45. The van der Waals surface area contributed by atoms with Crippen LogP contribution in [0.3, 0.4) is 0 Å². The van der Waals surface area contributed by atoms with Crippen molar-refractivity contribution < 1.29 is 0 Å². The van der Waals surface area contributed by atoms with Gasteiger partial charge in [0.25, 0.3) is 0 Å². The molecule has 2 aliphatic carbocycles. The Morgan fingerprint density at radius 2 is 2.09 bits per heavy atom. The highest BCUT2D eigenvalue weighted by atomic mass is 14.5. The molecule has 0 fully saturated rings. The highest BCUT2D eigenvalue weighted by Gasteiger charge is 2.47. The molecule has 0 heterocycles. The van der Waals surface area contributed by atoms with E-state index >= 15 is 0 Å². The Balaban J connectivity index is 2.44. The minimum absolute atomic E-state index is 0.372. The summed E-state index contributed by atoms with van der Waals surface area (Å²) in [5.74, 6) is 0. The highest BCUT2D eigenvalue weighted by Crippen LogP contribution is 2.57. The number of hydrogen-bond donors (Lipinski definition) is 0. The maximum absolute atomic E-state index is 2.44. The predicted octanol–water partition coefficient (Wildman–Crippen LogP) is 3.31. The Morgan fingerprint density at radius 1 is 1.36 bits per heavy atom. The molecule has 60 valence electrons. The molecule has 0 unspecified atom stereocenters. The molecule has 0 nitrogen and oxygen atoms in total. The lowest BCUT2D eigenvalue weighted by Crippen LogP contribution is -2.26. The number of rotatable bonds is 0. The van der Waals surface area contributed by atoms with Crippen LogP contribution in [0, 0.1) is 10.8 Å². The Morgan fingerprint density at radius 3 is 2.73 bits per heavy atom. The van der Waals surface area contributed by atoms with E-state index in [1.807, 2.05) is 0 Å². The van der Waals surface area contributed by atoms with E-state index in [-0.39, 0.29) is 0 Å². The fourth-order valence-corrected chi connectivity index (χ4v) is 2.65. The summed E-state index contributed by atoms with van der Waals surface area (Å²) >= 11 is 0. The second-order valence-corrected chi connectivity index (χ2v) is 4.62. The van der Waals surface area contributed by atoms with Gasteiger partial charge in [-0.1, -0.05) is 37.6 Å². The topological polar surface area (TPSA) is 0 Å². The Hall–Kier alpha value is -0.520. The Kier molecular flexibility index (Phi) is 1.17. The number of fused-ring (bicyclic) bond motifs is 1. The van der Waals surface area contributed by atoms with Gasteiger partial charge in [0, 0.05) is 5.41 Å². The van der Waals surface area contributed by atoms with Gasteiger partial charge in [0.1, 0.15) is 0 Å². The lowest BCUT2D eigenvalue weighted by molar-refractivity contribution is 0.217. The molecule has 0 aromatic carbocycles. The summed E-state index contributed by atoms with van der Waals surface area (Å²) in [7, 11) is 0. The largest absolute Gasteiger partial charge is 0.0871 e. The molecule has 0 N–H and O–H groups in total. The maximum Gasteiger partial charge on any atom is 0.00949 e. The SMILES string of the molecule is CC1=C[C@@]2(C)C=CC[C@@]2(C)C1. The summed E-state index contributed by atoms with van der Waals surface area (Å²) in [5, 5.41) is 0. The van der Waals surface area contributed by atoms with Crippen LogP contribution in [0.15, 0.2) is 23.8 Å². The molecular formula is C11H16. The minimum Gasteiger partial charge on any atom is -0.0871 e. The standard InChI is InChI=1S/C11H16/c1-9-7-10(2)5-4-6-11(10,3)8-9/h4-5,7H,6,8H2,1-3H3/t10-,11+/m1/s1. The molecule has 2 rings (SSSR count). The predicted molar refractivity (Wildman–Crippen MR) is 48.3 cm³/mol. The maximum atomic E-state index is 2.44. The second kappa shape index (κ2) is 1.80. The molecule has 0 aromatic rings. The van der Waals surface area contributed by atoms with E-state index in [0.717, 1.165) is 0 Å². The van der Waals surface area contributed by atoms with Gasteiger partial charge in [-0.2, -0.15) is 0 Å². The van der Waals surface area contributed by atoms with Crippen LogP contribution in [0.2, 0.25) is 0 Å². The normalized spacial score (nSPS) is 47.7. The Bertz CT molecular complexity index is 247. The van der Waals surface area contributed by atoms with Crippen molar-refractivity contribution in [2.75, 3.05) is 0 Å². The first-order chi connectivity index (χ1) is 5.06. The molecule has 0 radical (unpaired) electrons. The molecule has 0 bridgehead atoms. The van der Waals surface area contributed by atoms with Crippen molar-refractivity contribution in [1.82, 2.24) is 0 Å². The monoisotopic (exact) mass is 148 g/mol. The molecule has 0 amide bonds. The van der Waals surface area contributed by atoms with E-state index in [0.29, 0.717) is 10.8 Å². The molecule has 0 heteroatoms. The third-order valence-corrected chi connectivity index (χ3v) is 3.55. The summed E-state index contributed by atoms with van der Waals surface area (Å²) < 4.78 is 0. The fraction of sp³-hybridized carbons (Fsp3) is 0.636. The van der Waals surface area contributed by atoms with E-state index in [1.54, 1.807) is 5.57 Å². The van der Waals surface area contributed by atoms with Crippen LogP contribution in [0.5, 0.6) is 0 Å². The molecular weight excluding hydrogens is 132 g/mol. The molecule has 0 spiro atoms. The Labute approximate surface area is 69.0 Å². The third-order valence-electron chi connectivity index (χ3n) is 3.55. The minimum atomic E-state index is 0.372. The fourth-order valence-electron chi connectivity index (χ4n) is 2.65. The smallest absolute Gasteiger partial charge is 0.00949 e. The van der Waals surface area contributed by atoms with Gasteiger partial charge in [0.15, 0.2) is 0 Å². The zero-order valence-electron chi connectivity index (χ0n) is 7.65. The lowest BCUT2D eigenvalue weighted by Gasteiger charge is -2.33. The van der Waals surface area contributed by atoms with E-state index in [2.05, 4.69) is 39.0 Å². The lowest BCUT2D eigenvalue weighted by atomic mass is 9.70. The van der Waals surface area contributed by atoms with Crippen molar-refractivity contribution in [3.05, 3.63) is 23.8 Å². The summed E-state index contributed by atoms with van der Waals surface area (Å²) in [6, 6.07) is 0. The number of allylic oxidation sites excluding steroid dienone is 4. The molecule has 0 saturated heterocycles. The first kappa shape index (κ1) is 7.15. The van der Waals surface area contributed by atoms with Crippen molar-refractivity contribution in [3.63, 3.8) is 0 Å². The summed E-state index contributed by atoms with van der Waals surface area (Å²) in [6.07, 6.45) is 9.71. The van der Waals surface area contributed by atoms with Crippen LogP contribution in [0.25, 0.3) is 0 Å². The zero-order chi connectivity index (χ0) is 8.11. The molecule has 0 saturated carbocycles. The van der Waals surface area contributed by atoms with E-state index in [1.165, 1.54) is 12.8 Å². The van der Waals surface area contributed by atoms with Gasteiger partial charge in [-0.05, 0) is 25.2 Å². The van der Waals surface area contributed by atoms with Crippen molar-refractivity contribution in [2.24, 2.45) is 10.8 Å². The third kappa shape index (κ3) is 0.756. The van der Waals surface area contributed by atoms with Gasteiger partial charge in [-0.15, -0.1) is 0 Å². The van der Waals surface area contributed by atoms with E-state index in [4.69, 9.17) is 0 Å². The van der Waals surface area contributed by atoms with Crippen LogP contribution in [-0.2, 0) is 0 Å². The molecule has 2 aliphatic rings. The van der Waals surface area contributed by atoms with Crippen LogP contribution in [-0.4, -0.2) is 0 Å². The molecule has 0 aliphatic heterocycles. The van der Waals surface area contributed by atoms with Crippen LogP contribution in [0.1, 0.15) is 33.6 Å². The highest BCUT2D eigenvalue weighted by molar-refractivity contribution is 5.32. The van der Waals surface area contributed by atoms with E-state index in [9.17, 15) is 0 Å². The number of hydrogen-bond acceptors (Lipinski definition) is 0. The van der Waals surface area contributed by atoms with Gasteiger partial charge < -0.3 is 0 Å². The van der Waals surface area contributed by atoms with Gasteiger partial charge in [0.05, 0.1) is 0 Å². The molecule has 11 heavy (non-hydrogen) atoms. The zero-order valence-corrected chi connectivity index (χ0v) is 7.65. The van der Waals surface area contributed by atoms with Crippen LogP contribution < -0.4 is 0 Å². The second-order valence-electron chi connectivity index (χ2n) is 4.62. The van der Waals surface area contributed by atoms with Gasteiger partial charge in [0.2, 0.25) is 0 Å². The van der Waals surface area contributed by atoms with Crippen molar-refractivity contribution in [1.29, 1.82) is 0 Å². The summed E-state index contributed by atoms with van der Waals surface area (Å²) in [4.78, 5) is 0. The van der Waals surface area contributed by atoms with Gasteiger partial charge in [-0.25, -0.2) is 0 Å². The van der Waals surface area contributed by atoms with Gasteiger partial charge >= 0.3 is 0 Å². The van der Waals surface area contributed by atoms with E-state index < -0.39 is 0 Å². The molecule has 2 atom stereocenters. The summed E-state index contributed by atoms with van der Waals surface area (Å²) in [6.45, 7) is 7.01. The van der Waals surface area contributed by atoms with Crippen molar-refractivity contribution >= 4 is 0 Å². The van der Waals surface area contributed by atoms with Crippen molar-refractivity contribution in [2.45, 2.75) is 33.6 Å². The average Bonchev–Trinajstić information content (AvgIpc) is 2.16. The average molecular weight is 148 g/mol. The van der Waals surface area contributed by atoms with Gasteiger partial charge in [-0.3, -0.25) is 0 Å². The first-order valence-electron chi connectivity index (χ1n) is 4.42. The van der Waals surface area contributed by atoms with Crippen molar-refractivity contribution in [3.8, 4) is 0 Å². The van der Waals surface area contributed by atoms with Crippen LogP contribution >= 0.6 is 0 Å². The van der Waals surface area contributed by atoms with Crippen LogP contribution in [0.4, 0.5) is 0 Å². The molecule has 0 aromatic heterocycles.